The number of ketones is 1. The van der Waals surface area contributed by atoms with E-state index in [1.807, 2.05) is 6.92 Å². The molecule has 0 aliphatic carbocycles. The number of rotatable bonds is 4. The van der Waals surface area contributed by atoms with Gasteiger partial charge in [-0.3, -0.25) is 4.79 Å². The third-order valence-electron chi connectivity index (χ3n) is 2.57. The summed E-state index contributed by atoms with van der Waals surface area (Å²) in [5.41, 5.74) is 0. The van der Waals surface area contributed by atoms with Gasteiger partial charge in [-0.1, -0.05) is 6.92 Å². The highest BCUT2D eigenvalue weighted by molar-refractivity contribution is 5.77. The van der Waals surface area contributed by atoms with Gasteiger partial charge in [0, 0.05) is 26.1 Å². The second-order valence-corrected chi connectivity index (χ2v) is 3.49. The summed E-state index contributed by atoms with van der Waals surface area (Å²) in [5, 5.41) is 0. The van der Waals surface area contributed by atoms with Crippen LogP contribution in [0, 0.1) is 5.92 Å². The topological polar surface area (TPSA) is 26.3 Å². The lowest BCUT2D eigenvalue weighted by molar-refractivity contribution is -0.119. The normalized spacial score (nSPS) is 19.4. The Bertz CT molecular complexity index is 137. The van der Waals surface area contributed by atoms with Gasteiger partial charge in [0.05, 0.1) is 0 Å². The van der Waals surface area contributed by atoms with Gasteiger partial charge in [0.15, 0.2) is 0 Å². The Morgan fingerprint density at radius 1 is 1.42 bits per heavy atom. The second kappa shape index (κ2) is 5.31. The summed E-state index contributed by atoms with van der Waals surface area (Å²) >= 11 is 0. The highest BCUT2D eigenvalue weighted by Crippen LogP contribution is 2.20. The molecule has 1 saturated heterocycles. The Hall–Kier alpha value is -0.370. The van der Waals surface area contributed by atoms with Crippen LogP contribution in [0.1, 0.15) is 39.0 Å². The number of carbonyl (C=O) groups excluding carboxylic acids is 1. The molecule has 0 aromatic heterocycles. The minimum atomic E-state index is 0.404. The van der Waals surface area contributed by atoms with Crippen molar-refractivity contribution in [2.24, 2.45) is 5.92 Å². The molecule has 2 heteroatoms. The molecule has 1 aliphatic heterocycles. The molecule has 0 saturated carbocycles. The molecule has 0 amide bonds. The quantitative estimate of drug-likeness (QED) is 0.646. The SMILES string of the molecule is CCC(=O)CCC1CCOCC1. The lowest BCUT2D eigenvalue weighted by Gasteiger charge is -2.21. The van der Waals surface area contributed by atoms with Crippen LogP contribution in [0.2, 0.25) is 0 Å². The third-order valence-corrected chi connectivity index (χ3v) is 2.57. The number of Topliss-reactive ketones (excluding diaryl/α,β-unsaturated/α-hetero) is 1. The van der Waals surface area contributed by atoms with E-state index < -0.39 is 0 Å². The molecular weight excluding hydrogens is 152 g/mol. The van der Waals surface area contributed by atoms with Crippen LogP contribution in [0.15, 0.2) is 0 Å². The molecule has 0 unspecified atom stereocenters. The maximum Gasteiger partial charge on any atom is 0.132 e. The van der Waals surface area contributed by atoms with Crippen molar-refractivity contribution in [3.05, 3.63) is 0 Å². The summed E-state index contributed by atoms with van der Waals surface area (Å²) in [6.45, 7) is 3.72. The second-order valence-electron chi connectivity index (χ2n) is 3.49. The van der Waals surface area contributed by atoms with Crippen molar-refractivity contribution >= 4 is 5.78 Å². The zero-order valence-corrected chi connectivity index (χ0v) is 7.84. The number of hydrogen-bond donors (Lipinski definition) is 0. The summed E-state index contributed by atoms with van der Waals surface area (Å²) < 4.78 is 5.25. The van der Waals surface area contributed by atoms with Crippen molar-refractivity contribution in [1.82, 2.24) is 0 Å². The summed E-state index contributed by atoms with van der Waals surface area (Å²) in [6, 6.07) is 0. The Balaban J connectivity index is 2.09. The highest BCUT2D eigenvalue weighted by atomic mass is 16.5. The minimum absolute atomic E-state index is 0.404. The van der Waals surface area contributed by atoms with Gasteiger partial charge < -0.3 is 4.74 Å². The maximum atomic E-state index is 11.0. The van der Waals surface area contributed by atoms with Crippen LogP contribution in [0.25, 0.3) is 0 Å². The molecule has 12 heavy (non-hydrogen) atoms. The van der Waals surface area contributed by atoms with E-state index in [0.717, 1.165) is 44.8 Å². The number of carbonyl (C=O) groups is 1. The van der Waals surface area contributed by atoms with Crippen molar-refractivity contribution in [3.8, 4) is 0 Å². The molecule has 0 N–H and O–H groups in total. The molecule has 0 radical (unpaired) electrons. The van der Waals surface area contributed by atoms with Crippen LogP contribution in [0.4, 0.5) is 0 Å². The zero-order chi connectivity index (χ0) is 8.81. The number of hydrogen-bond acceptors (Lipinski definition) is 2. The fourth-order valence-electron chi connectivity index (χ4n) is 1.58. The maximum absolute atomic E-state index is 11.0. The average molecular weight is 170 g/mol. The van der Waals surface area contributed by atoms with E-state index in [1.165, 1.54) is 0 Å². The van der Waals surface area contributed by atoms with Gasteiger partial charge in [-0.05, 0) is 25.2 Å². The van der Waals surface area contributed by atoms with Crippen LogP contribution < -0.4 is 0 Å². The summed E-state index contributed by atoms with van der Waals surface area (Å²) in [7, 11) is 0. The Labute approximate surface area is 74.3 Å². The molecular formula is C10H18O2. The van der Waals surface area contributed by atoms with Crippen molar-refractivity contribution in [2.75, 3.05) is 13.2 Å². The van der Waals surface area contributed by atoms with Crippen molar-refractivity contribution in [3.63, 3.8) is 0 Å². The first-order chi connectivity index (χ1) is 5.83. The predicted molar refractivity (Wildman–Crippen MR) is 48.1 cm³/mol. The minimum Gasteiger partial charge on any atom is -0.381 e. The lowest BCUT2D eigenvalue weighted by Crippen LogP contribution is -2.16. The fraction of sp³-hybridized carbons (Fsp3) is 0.900. The van der Waals surface area contributed by atoms with Crippen LogP contribution in [0.5, 0.6) is 0 Å². The van der Waals surface area contributed by atoms with Crippen LogP contribution >= 0.6 is 0 Å². The summed E-state index contributed by atoms with van der Waals surface area (Å²) in [6.07, 6.45) is 4.86. The van der Waals surface area contributed by atoms with Gasteiger partial charge in [-0.2, -0.15) is 0 Å². The van der Waals surface area contributed by atoms with E-state index in [1.54, 1.807) is 0 Å². The zero-order valence-electron chi connectivity index (χ0n) is 7.84. The van der Waals surface area contributed by atoms with Crippen molar-refractivity contribution < 1.29 is 9.53 Å². The van der Waals surface area contributed by atoms with Crippen molar-refractivity contribution in [1.29, 1.82) is 0 Å². The van der Waals surface area contributed by atoms with Crippen LogP contribution in [-0.2, 0) is 9.53 Å². The molecule has 0 aromatic rings. The average Bonchev–Trinajstić information content (AvgIpc) is 2.16. The van der Waals surface area contributed by atoms with E-state index in [4.69, 9.17) is 4.74 Å². The van der Waals surface area contributed by atoms with Crippen LogP contribution in [0.3, 0.4) is 0 Å². The van der Waals surface area contributed by atoms with E-state index in [0.29, 0.717) is 12.2 Å². The lowest BCUT2D eigenvalue weighted by atomic mass is 9.93. The predicted octanol–water partition coefficient (Wildman–Crippen LogP) is 2.17. The van der Waals surface area contributed by atoms with E-state index in [2.05, 4.69) is 0 Å². The molecule has 0 bridgehead atoms. The largest absolute Gasteiger partial charge is 0.381 e. The van der Waals surface area contributed by atoms with Gasteiger partial charge >= 0.3 is 0 Å². The first-order valence-corrected chi connectivity index (χ1v) is 4.92. The van der Waals surface area contributed by atoms with Crippen molar-refractivity contribution in [2.45, 2.75) is 39.0 Å². The van der Waals surface area contributed by atoms with Gasteiger partial charge in [0.1, 0.15) is 5.78 Å². The monoisotopic (exact) mass is 170 g/mol. The van der Waals surface area contributed by atoms with Gasteiger partial charge in [0.2, 0.25) is 0 Å². The highest BCUT2D eigenvalue weighted by Gasteiger charge is 2.14. The summed E-state index contributed by atoms with van der Waals surface area (Å²) in [5.74, 6) is 1.15. The van der Waals surface area contributed by atoms with Gasteiger partial charge in [-0.25, -0.2) is 0 Å². The van der Waals surface area contributed by atoms with E-state index in [9.17, 15) is 4.79 Å². The molecule has 0 atom stereocenters. The fourth-order valence-corrected chi connectivity index (χ4v) is 1.58. The van der Waals surface area contributed by atoms with E-state index in [-0.39, 0.29) is 0 Å². The van der Waals surface area contributed by atoms with Crippen LogP contribution in [-0.4, -0.2) is 19.0 Å². The molecule has 70 valence electrons. The van der Waals surface area contributed by atoms with Gasteiger partial charge in [0.25, 0.3) is 0 Å². The molecule has 1 fully saturated rings. The molecule has 2 nitrogen and oxygen atoms in total. The Kier molecular flexibility index (Phi) is 4.30. The summed E-state index contributed by atoms with van der Waals surface area (Å²) in [4.78, 5) is 11.0. The Morgan fingerprint density at radius 3 is 2.67 bits per heavy atom. The molecule has 1 rings (SSSR count). The standard InChI is InChI=1S/C10H18O2/c1-2-10(11)4-3-9-5-7-12-8-6-9/h9H,2-8H2,1H3. The molecule has 1 heterocycles. The smallest absolute Gasteiger partial charge is 0.132 e. The van der Waals surface area contributed by atoms with E-state index >= 15 is 0 Å². The molecule has 1 aliphatic rings. The van der Waals surface area contributed by atoms with Gasteiger partial charge in [-0.15, -0.1) is 0 Å². The Morgan fingerprint density at radius 2 is 2.08 bits per heavy atom. The first-order valence-electron chi connectivity index (χ1n) is 4.92. The molecule has 0 spiro atoms. The number of ether oxygens (including phenoxy) is 1. The first kappa shape index (κ1) is 9.72. The third kappa shape index (κ3) is 3.35. The molecule has 0 aromatic carbocycles.